The van der Waals surface area contributed by atoms with Crippen molar-refractivity contribution >= 4 is 5.95 Å². The van der Waals surface area contributed by atoms with Crippen molar-refractivity contribution in [2.75, 3.05) is 5.43 Å². The Morgan fingerprint density at radius 2 is 1.60 bits per heavy atom. The molecule has 0 unspecified atom stereocenters. The maximum absolute atomic E-state index is 5.08. The molecular weight excluding hydrogens is 130 g/mol. The number of aromatic nitrogens is 3. The number of hydrogen-bond donors (Lipinski definition) is 2. The van der Waals surface area contributed by atoms with Crippen LogP contribution in [0.3, 0.4) is 0 Å². The average molecular weight is 139 g/mol. The fourth-order valence-electron chi connectivity index (χ4n) is 0.680. The smallest absolute Gasteiger partial charge is 0.240 e. The van der Waals surface area contributed by atoms with E-state index in [1.165, 1.54) is 0 Å². The van der Waals surface area contributed by atoms with Crippen LogP contribution >= 0.6 is 0 Å². The lowest BCUT2D eigenvalue weighted by atomic mass is 10.6. The zero-order chi connectivity index (χ0) is 7.56. The molecule has 54 valence electrons. The quantitative estimate of drug-likeness (QED) is 0.415. The number of anilines is 1. The van der Waals surface area contributed by atoms with E-state index in [4.69, 9.17) is 5.84 Å². The van der Waals surface area contributed by atoms with Gasteiger partial charge >= 0.3 is 0 Å². The van der Waals surface area contributed by atoms with E-state index in [-0.39, 0.29) is 0 Å². The predicted octanol–water partition coefficient (Wildman–Crippen LogP) is -0.226. The van der Waals surface area contributed by atoms with Gasteiger partial charge in [0.15, 0.2) is 0 Å². The molecule has 0 atom stereocenters. The maximum Gasteiger partial charge on any atom is 0.240 e. The van der Waals surface area contributed by atoms with Crippen molar-refractivity contribution in [2.45, 2.75) is 13.8 Å². The number of hydrogen-bond acceptors (Lipinski definition) is 5. The second-order valence-corrected chi connectivity index (χ2v) is 1.90. The Hall–Kier alpha value is -1.23. The van der Waals surface area contributed by atoms with Crippen molar-refractivity contribution in [3.8, 4) is 0 Å². The number of nitrogens with zero attached hydrogens (tertiary/aromatic N) is 3. The topological polar surface area (TPSA) is 76.7 Å². The van der Waals surface area contributed by atoms with Gasteiger partial charge in [0.25, 0.3) is 0 Å². The summed E-state index contributed by atoms with van der Waals surface area (Å²) in [5.74, 6) is 6.83. The summed E-state index contributed by atoms with van der Waals surface area (Å²) in [4.78, 5) is 11.8. The van der Waals surface area contributed by atoms with Crippen LogP contribution < -0.4 is 11.3 Å². The summed E-state index contributed by atoms with van der Waals surface area (Å²) in [7, 11) is 0. The van der Waals surface area contributed by atoms with Gasteiger partial charge in [0.1, 0.15) is 11.6 Å². The lowest BCUT2D eigenvalue weighted by molar-refractivity contribution is 0.917. The first-order valence-corrected chi connectivity index (χ1v) is 2.88. The first-order valence-electron chi connectivity index (χ1n) is 2.88. The van der Waals surface area contributed by atoms with Crippen LogP contribution in [-0.2, 0) is 0 Å². The number of rotatable bonds is 1. The van der Waals surface area contributed by atoms with Gasteiger partial charge in [-0.25, -0.2) is 10.8 Å². The first-order chi connectivity index (χ1) is 4.72. The van der Waals surface area contributed by atoms with Gasteiger partial charge in [0, 0.05) is 0 Å². The third kappa shape index (κ3) is 1.38. The van der Waals surface area contributed by atoms with Gasteiger partial charge in [0.05, 0.1) is 0 Å². The van der Waals surface area contributed by atoms with Crippen molar-refractivity contribution in [1.29, 1.82) is 0 Å². The van der Waals surface area contributed by atoms with Gasteiger partial charge < -0.3 is 0 Å². The molecule has 0 saturated heterocycles. The minimum absolute atomic E-state index is 0.407. The Morgan fingerprint density at radius 3 is 2.00 bits per heavy atom. The minimum Gasteiger partial charge on any atom is -0.292 e. The number of hydrazine groups is 1. The highest BCUT2D eigenvalue weighted by Gasteiger charge is 1.95. The van der Waals surface area contributed by atoms with Crippen molar-refractivity contribution in [1.82, 2.24) is 15.0 Å². The summed E-state index contributed by atoms with van der Waals surface area (Å²) in [5, 5.41) is 0. The third-order valence-electron chi connectivity index (χ3n) is 0.988. The molecule has 0 saturated carbocycles. The molecule has 1 aromatic rings. The van der Waals surface area contributed by atoms with Crippen LogP contribution in [-0.4, -0.2) is 15.0 Å². The average Bonchev–Trinajstić information content (AvgIpc) is 1.85. The van der Waals surface area contributed by atoms with Crippen molar-refractivity contribution in [3.63, 3.8) is 0 Å². The van der Waals surface area contributed by atoms with Crippen LogP contribution in [0.2, 0.25) is 0 Å². The van der Waals surface area contributed by atoms with E-state index < -0.39 is 0 Å². The monoisotopic (exact) mass is 139 g/mol. The maximum atomic E-state index is 5.08. The Balaban J connectivity index is 3.06. The van der Waals surface area contributed by atoms with Gasteiger partial charge in [-0.3, -0.25) is 5.43 Å². The lowest BCUT2D eigenvalue weighted by Crippen LogP contribution is -2.12. The van der Waals surface area contributed by atoms with Gasteiger partial charge in [-0.1, -0.05) is 0 Å². The molecule has 5 heteroatoms. The van der Waals surface area contributed by atoms with Crippen molar-refractivity contribution in [2.24, 2.45) is 5.84 Å². The second-order valence-electron chi connectivity index (χ2n) is 1.90. The molecule has 0 fully saturated rings. The standard InChI is InChI=1S/C5H9N5/c1-3-7-4(2)9-5(8-3)10-6/h6H2,1-2H3,(H,7,8,9,10). The van der Waals surface area contributed by atoms with E-state index in [0.717, 1.165) is 0 Å². The molecule has 10 heavy (non-hydrogen) atoms. The molecule has 0 aliphatic heterocycles. The molecule has 0 aromatic carbocycles. The molecule has 5 nitrogen and oxygen atoms in total. The Labute approximate surface area is 58.7 Å². The normalized spacial score (nSPS) is 9.50. The fraction of sp³-hybridized carbons (Fsp3) is 0.400. The van der Waals surface area contributed by atoms with E-state index in [2.05, 4.69) is 20.4 Å². The number of nitrogens with one attached hydrogen (secondary N) is 1. The van der Waals surface area contributed by atoms with Gasteiger partial charge in [-0.2, -0.15) is 9.97 Å². The zero-order valence-corrected chi connectivity index (χ0v) is 5.92. The van der Waals surface area contributed by atoms with Crippen LogP contribution in [0.15, 0.2) is 0 Å². The number of aryl methyl sites for hydroxylation is 2. The molecule has 1 heterocycles. The molecule has 0 aliphatic rings. The van der Waals surface area contributed by atoms with E-state index in [0.29, 0.717) is 17.6 Å². The van der Waals surface area contributed by atoms with E-state index in [1.807, 2.05) is 0 Å². The van der Waals surface area contributed by atoms with Crippen LogP contribution in [0.5, 0.6) is 0 Å². The van der Waals surface area contributed by atoms with Crippen LogP contribution in [0.1, 0.15) is 11.6 Å². The highest BCUT2D eigenvalue weighted by Crippen LogP contribution is 1.96. The highest BCUT2D eigenvalue weighted by atomic mass is 15.3. The first kappa shape index (κ1) is 6.88. The van der Waals surface area contributed by atoms with E-state index in [9.17, 15) is 0 Å². The minimum atomic E-state index is 0.407. The Kier molecular flexibility index (Phi) is 1.77. The zero-order valence-electron chi connectivity index (χ0n) is 5.92. The number of nitrogen functional groups attached to an aromatic ring is 1. The molecule has 3 N–H and O–H groups in total. The van der Waals surface area contributed by atoms with Crippen molar-refractivity contribution < 1.29 is 0 Å². The summed E-state index contributed by atoms with van der Waals surface area (Å²) < 4.78 is 0. The molecule has 0 spiro atoms. The molecule has 0 radical (unpaired) electrons. The molecule has 0 aliphatic carbocycles. The Bertz CT molecular complexity index is 213. The summed E-state index contributed by atoms with van der Waals surface area (Å²) in [6.45, 7) is 3.57. The van der Waals surface area contributed by atoms with Gasteiger partial charge in [0.2, 0.25) is 5.95 Å². The fourth-order valence-corrected chi connectivity index (χ4v) is 0.680. The SMILES string of the molecule is Cc1nc(C)nc(NN)n1. The molecule has 1 rings (SSSR count). The molecular formula is C5H9N5. The molecule has 0 bridgehead atoms. The summed E-state index contributed by atoms with van der Waals surface area (Å²) in [5.41, 5.74) is 2.35. The third-order valence-corrected chi connectivity index (χ3v) is 0.988. The summed E-state index contributed by atoms with van der Waals surface area (Å²) in [6, 6.07) is 0. The highest BCUT2D eigenvalue weighted by molar-refractivity contribution is 5.20. The van der Waals surface area contributed by atoms with Crippen LogP contribution in [0.25, 0.3) is 0 Å². The largest absolute Gasteiger partial charge is 0.292 e. The van der Waals surface area contributed by atoms with E-state index >= 15 is 0 Å². The number of nitrogens with two attached hydrogens (primary N) is 1. The van der Waals surface area contributed by atoms with Crippen LogP contribution in [0, 0.1) is 13.8 Å². The van der Waals surface area contributed by atoms with Gasteiger partial charge in [-0.15, -0.1) is 0 Å². The van der Waals surface area contributed by atoms with Crippen LogP contribution in [0.4, 0.5) is 5.95 Å². The lowest BCUT2D eigenvalue weighted by Gasteiger charge is -1.98. The second kappa shape index (κ2) is 2.57. The molecule has 1 aromatic heterocycles. The predicted molar refractivity (Wildman–Crippen MR) is 37.1 cm³/mol. The van der Waals surface area contributed by atoms with Gasteiger partial charge in [-0.05, 0) is 13.8 Å². The Morgan fingerprint density at radius 1 is 1.10 bits per heavy atom. The summed E-state index contributed by atoms with van der Waals surface area (Å²) >= 11 is 0. The van der Waals surface area contributed by atoms with E-state index in [1.54, 1.807) is 13.8 Å². The van der Waals surface area contributed by atoms with Crippen molar-refractivity contribution in [3.05, 3.63) is 11.6 Å². The summed E-state index contributed by atoms with van der Waals surface area (Å²) in [6.07, 6.45) is 0. The molecule has 0 amide bonds.